The number of sulfone groups is 1. The third-order valence-corrected chi connectivity index (χ3v) is 4.55. The van der Waals surface area contributed by atoms with Gasteiger partial charge in [0, 0.05) is 6.61 Å². The monoisotopic (exact) mass is 226 g/mol. The summed E-state index contributed by atoms with van der Waals surface area (Å²) in [5.41, 5.74) is -0.645. The Morgan fingerprint density at radius 3 is 2.47 bits per heavy atom. The molecule has 1 heterocycles. The van der Waals surface area contributed by atoms with E-state index in [1.165, 1.54) is 0 Å². The second-order valence-corrected chi connectivity index (χ2v) is 5.74. The van der Waals surface area contributed by atoms with E-state index in [2.05, 4.69) is 0 Å². The third-order valence-electron chi connectivity index (χ3n) is 2.56. The summed E-state index contributed by atoms with van der Waals surface area (Å²) in [7, 11) is -3.28. The van der Waals surface area contributed by atoms with Gasteiger partial charge in [0.25, 0.3) is 0 Å². The maximum Gasteiger partial charge on any atom is 0.205 e. The number of hydrogen-bond acceptors (Lipinski definition) is 3. The summed E-state index contributed by atoms with van der Waals surface area (Å²) >= 11 is 0. The van der Waals surface area contributed by atoms with Gasteiger partial charge in [-0.2, -0.15) is 0 Å². The van der Waals surface area contributed by atoms with Crippen LogP contribution in [0.5, 0.6) is 0 Å². The molecule has 0 spiro atoms. The summed E-state index contributed by atoms with van der Waals surface area (Å²) in [6.07, 6.45) is 2.49. The van der Waals surface area contributed by atoms with E-state index >= 15 is 0 Å². The van der Waals surface area contributed by atoms with Gasteiger partial charge in [-0.25, -0.2) is 8.42 Å². The van der Waals surface area contributed by atoms with E-state index in [0.29, 0.717) is 17.9 Å². The summed E-state index contributed by atoms with van der Waals surface area (Å²) in [5, 5.41) is 0. The van der Waals surface area contributed by atoms with Crippen molar-refractivity contribution < 1.29 is 13.2 Å². The van der Waals surface area contributed by atoms with Crippen molar-refractivity contribution in [3.8, 4) is 0 Å². The SMILES string of the molecule is O=S(=O)(c1ccccc1)C1CCCCO1. The van der Waals surface area contributed by atoms with Gasteiger partial charge in [0.05, 0.1) is 4.90 Å². The topological polar surface area (TPSA) is 43.4 Å². The van der Waals surface area contributed by atoms with Gasteiger partial charge >= 0.3 is 0 Å². The number of hydrogen-bond donors (Lipinski definition) is 0. The van der Waals surface area contributed by atoms with Crippen LogP contribution in [0.2, 0.25) is 0 Å². The molecule has 1 aliphatic heterocycles. The Morgan fingerprint density at radius 2 is 1.87 bits per heavy atom. The molecule has 0 amide bonds. The van der Waals surface area contributed by atoms with Crippen molar-refractivity contribution in [3.63, 3.8) is 0 Å². The molecule has 2 rings (SSSR count). The average molecular weight is 226 g/mol. The summed E-state index contributed by atoms with van der Waals surface area (Å²) in [4.78, 5) is 0.358. The van der Waals surface area contributed by atoms with E-state index in [0.717, 1.165) is 12.8 Å². The van der Waals surface area contributed by atoms with Crippen molar-refractivity contribution in [3.05, 3.63) is 30.3 Å². The Balaban J connectivity index is 2.26. The maximum absolute atomic E-state index is 12.1. The fourth-order valence-electron chi connectivity index (χ4n) is 1.72. The van der Waals surface area contributed by atoms with Gasteiger partial charge in [-0.05, 0) is 31.4 Å². The van der Waals surface area contributed by atoms with Gasteiger partial charge in [-0.15, -0.1) is 0 Å². The fourth-order valence-corrected chi connectivity index (χ4v) is 3.31. The van der Waals surface area contributed by atoms with E-state index in [1.807, 2.05) is 0 Å². The molecular formula is C11H14O3S. The minimum Gasteiger partial charge on any atom is -0.362 e. The summed E-state index contributed by atoms with van der Waals surface area (Å²) in [6, 6.07) is 8.51. The van der Waals surface area contributed by atoms with Crippen molar-refractivity contribution in [1.29, 1.82) is 0 Å². The van der Waals surface area contributed by atoms with E-state index in [-0.39, 0.29) is 0 Å². The predicted octanol–water partition coefficient (Wildman–Crippen LogP) is 1.99. The molecule has 1 unspecified atom stereocenters. The van der Waals surface area contributed by atoms with Crippen LogP contribution < -0.4 is 0 Å². The zero-order chi connectivity index (χ0) is 10.7. The lowest BCUT2D eigenvalue weighted by molar-refractivity contribution is 0.0661. The smallest absolute Gasteiger partial charge is 0.205 e. The molecule has 0 bridgehead atoms. The van der Waals surface area contributed by atoms with Gasteiger partial charge in [0.15, 0.2) is 5.44 Å². The van der Waals surface area contributed by atoms with Crippen LogP contribution in [-0.2, 0) is 14.6 Å². The van der Waals surface area contributed by atoms with Crippen LogP contribution in [0.15, 0.2) is 35.2 Å². The molecule has 0 aromatic heterocycles. The van der Waals surface area contributed by atoms with Crippen LogP contribution in [0.1, 0.15) is 19.3 Å². The molecule has 1 aromatic carbocycles. The van der Waals surface area contributed by atoms with Gasteiger partial charge < -0.3 is 4.74 Å². The zero-order valence-electron chi connectivity index (χ0n) is 8.43. The molecule has 1 atom stereocenters. The lowest BCUT2D eigenvalue weighted by atomic mass is 10.2. The van der Waals surface area contributed by atoms with Crippen molar-refractivity contribution in [1.82, 2.24) is 0 Å². The molecule has 1 saturated heterocycles. The van der Waals surface area contributed by atoms with Crippen molar-refractivity contribution in [2.24, 2.45) is 0 Å². The molecule has 0 saturated carbocycles. The molecule has 3 nitrogen and oxygen atoms in total. The first-order valence-corrected chi connectivity index (χ1v) is 6.66. The van der Waals surface area contributed by atoms with Gasteiger partial charge in [0.1, 0.15) is 0 Å². The minimum absolute atomic E-state index is 0.358. The van der Waals surface area contributed by atoms with Crippen LogP contribution in [0.3, 0.4) is 0 Å². The first-order chi connectivity index (χ1) is 7.21. The molecule has 0 radical (unpaired) electrons. The molecule has 15 heavy (non-hydrogen) atoms. The highest BCUT2D eigenvalue weighted by molar-refractivity contribution is 7.91. The average Bonchev–Trinajstić information content (AvgIpc) is 2.31. The first kappa shape index (κ1) is 10.6. The summed E-state index contributed by atoms with van der Waals surface area (Å²) < 4.78 is 29.4. The second kappa shape index (κ2) is 4.33. The molecule has 1 aromatic rings. The quantitative estimate of drug-likeness (QED) is 0.774. The van der Waals surface area contributed by atoms with Crippen molar-refractivity contribution in [2.75, 3.05) is 6.61 Å². The summed E-state index contributed by atoms with van der Waals surface area (Å²) in [6.45, 7) is 0.552. The third kappa shape index (κ3) is 2.21. The largest absolute Gasteiger partial charge is 0.362 e. The Hall–Kier alpha value is -0.870. The van der Waals surface area contributed by atoms with E-state index in [9.17, 15) is 8.42 Å². The standard InChI is InChI=1S/C11H14O3S/c12-15(13,10-6-2-1-3-7-10)11-8-4-5-9-14-11/h1-3,6-7,11H,4-5,8-9H2. The molecule has 1 fully saturated rings. The van der Waals surface area contributed by atoms with E-state index in [1.54, 1.807) is 30.3 Å². The Kier molecular flexibility index (Phi) is 3.07. The van der Waals surface area contributed by atoms with Crippen LogP contribution in [0, 0.1) is 0 Å². The van der Waals surface area contributed by atoms with Crippen LogP contribution in [0.25, 0.3) is 0 Å². The van der Waals surface area contributed by atoms with Crippen LogP contribution in [0.4, 0.5) is 0 Å². The lowest BCUT2D eigenvalue weighted by Crippen LogP contribution is -2.28. The maximum atomic E-state index is 12.1. The van der Waals surface area contributed by atoms with Gasteiger partial charge in [-0.3, -0.25) is 0 Å². The zero-order valence-corrected chi connectivity index (χ0v) is 9.24. The molecule has 1 aliphatic rings. The van der Waals surface area contributed by atoms with Gasteiger partial charge in [0.2, 0.25) is 9.84 Å². The summed E-state index contributed by atoms with van der Waals surface area (Å²) in [5.74, 6) is 0. The number of rotatable bonds is 2. The normalized spacial score (nSPS) is 22.5. The first-order valence-electron chi connectivity index (χ1n) is 5.12. The highest BCUT2D eigenvalue weighted by Crippen LogP contribution is 2.23. The molecular weight excluding hydrogens is 212 g/mol. The van der Waals surface area contributed by atoms with Gasteiger partial charge in [-0.1, -0.05) is 18.2 Å². The van der Waals surface area contributed by atoms with Crippen LogP contribution >= 0.6 is 0 Å². The van der Waals surface area contributed by atoms with E-state index in [4.69, 9.17) is 4.74 Å². The Labute approximate surface area is 90.0 Å². The van der Waals surface area contributed by atoms with Crippen molar-refractivity contribution >= 4 is 9.84 Å². The number of ether oxygens (including phenoxy) is 1. The molecule has 4 heteroatoms. The second-order valence-electron chi connectivity index (χ2n) is 3.65. The molecule has 0 N–H and O–H groups in total. The molecule has 0 aliphatic carbocycles. The number of benzene rings is 1. The van der Waals surface area contributed by atoms with Crippen molar-refractivity contribution in [2.45, 2.75) is 29.6 Å². The Morgan fingerprint density at radius 1 is 1.13 bits per heavy atom. The minimum atomic E-state index is -3.28. The fraction of sp³-hybridized carbons (Fsp3) is 0.455. The van der Waals surface area contributed by atoms with Crippen LogP contribution in [-0.4, -0.2) is 20.5 Å². The lowest BCUT2D eigenvalue weighted by Gasteiger charge is -2.22. The highest BCUT2D eigenvalue weighted by atomic mass is 32.2. The Bertz CT molecular complexity index is 405. The highest BCUT2D eigenvalue weighted by Gasteiger charge is 2.29. The molecule has 82 valence electrons. The predicted molar refractivity (Wildman–Crippen MR) is 57.2 cm³/mol. The van der Waals surface area contributed by atoms with E-state index < -0.39 is 15.3 Å².